The van der Waals surface area contributed by atoms with Gasteiger partial charge in [0, 0.05) is 43.1 Å². The number of aryl methyl sites for hydroxylation is 1. The summed E-state index contributed by atoms with van der Waals surface area (Å²) in [6.45, 7) is 0. The predicted molar refractivity (Wildman–Crippen MR) is 90.2 cm³/mol. The molecule has 0 bridgehead atoms. The lowest BCUT2D eigenvalue weighted by Gasteiger charge is -2.22. The summed E-state index contributed by atoms with van der Waals surface area (Å²) in [5.41, 5.74) is 2.71. The molecule has 124 valence electrons. The van der Waals surface area contributed by atoms with Crippen molar-refractivity contribution in [3.63, 3.8) is 0 Å². The standard InChI is InChI=1S/C18H19N3O3/c1-21(2)18(22)11-3-5-15-13(7-11)14-8-12(4-6-16(14)24-15)20-17-9-23-10-19-17/h3,5,7,9-10,12,20H,4,6,8H2,1-2H3. The highest BCUT2D eigenvalue weighted by atomic mass is 16.3. The molecule has 0 saturated carbocycles. The molecule has 0 aliphatic heterocycles. The molecule has 4 rings (SSSR count). The van der Waals surface area contributed by atoms with Gasteiger partial charge in [-0.25, -0.2) is 0 Å². The molecule has 0 fully saturated rings. The molecule has 1 aromatic carbocycles. The summed E-state index contributed by atoms with van der Waals surface area (Å²) in [6, 6.07) is 5.94. The molecule has 1 aliphatic rings. The normalized spacial score (nSPS) is 16.8. The van der Waals surface area contributed by atoms with E-state index in [4.69, 9.17) is 8.83 Å². The van der Waals surface area contributed by atoms with E-state index in [1.165, 1.54) is 12.0 Å². The highest BCUT2D eigenvalue weighted by molar-refractivity contribution is 5.98. The van der Waals surface area contributed by atoms with Crippen molar-refractivity contribution < 1.29 is 13.6 Å². The van der Waals surface area contributed by atoms with Gasteiger partial charge < -0.3 is 19.1 Å². The van der Waals surface area contributed by atoms with E-state index in [-0.39, 0.29) is 11.9 Å². The third kappa shape index (κ3) is 2.54. The van der Waals surface area contributed by atoms with Crippen molar-refractivity contribution >= 4 is 22.7 Å². The highest BCUT2D eigenvalue weighted by Crippen LogP contribution is 2.33. The maximum absolute atomic E-state index is 12.2. The first-order valence-electron chi connectivity index (χ1n) is 8.02. The Morgan fingerprint density at radius 1 is 1.38 bits per heavy atom. The van der Waals surface area contributed by atoms with E-state index in [0.717, 1.165) is 41.8 Å². The number of nitrogens with zero attached hydrogens (tertiary/aromatic N) is 2. The average Bonchev–Trinajstić information content (AvgIpc) is 3.21. The monoisotopic (exact) mass is 325 g/mol. The van der Waals surface area contributed by atoms with E-state index in [1.54, 1.807) is 25.3 Å². The second-order valence-corrected chi connectivity index (χ2v) is 6.37. The van der Waals surface area contributed by atoms with Crippen LogP contribution in [0.4, 0.5) is 5.82 Å². The minimum atomic E-state index is -0.0000634. The Bertz CT molecular complexity index is 880. The largest absolute Gasteiger partial charge is 0.461 e. The van der Waals surface area contributed by atoms with E-state index in [2.05, 4.69) is 10.3 Å². The first kappa shape index (κ1) is 14.8. The number of hydrogen-bond acceptors (Lipinski definition) is 5. The molecule has 1 unspecified atom stereocenters. The number of carbonyl (C=O) groups excluding carboxylic acids is 1. The van der Waals surface area contributed by atoms with Gasteiger partial charge in [0.15, 0.2) is 12.2 Å². The molecule has 6 nitrogen and oxygen atoms in total. The quantitative estimate of drug-likeness (QED) is 0.801. The molecular formula is C18H19N3O3. The van der Waals surface area contributed by atoms with Crippen molar-refractivity contribution in [2.24, 2.45) is 0 Å². The zero-order valence-electron chi connectivity index (χ0n) is 13.7. The van der Waals surface area contributed by atoms with Crippen LogP contribution in [0.15, 0.2) is 39.7 Å². The van der Waals surface area contributed by atoms with E-state index >= 15 is 0 Å². The van der Waals surface area contributed by atoms with Crippen LogP contribution >= 0.6 is 0 Å². The van der Waals surface area contributed by atoms with Crippen LogP contribution in [0.1, 0.15) is 28.1 Å². The Balaban J connectivity index is 1.66. The van der Waals surface area contributed by atoms with E-state index < -0.39 is 0 Å². The van der Waals surface area contributed by atoms with Gasteiger partial charge in [0.2, 0.25) is 0 Å². The number of furan rings is 1. The predicted octanol–water partition coefficient (Wildman–Crippen LogP) is 3.09. The number of nitrogens with one attached hydrogen (secondary N) is 1. The summed E-state index contributed by atoms with van der Waals surface area (Å²) >= 11 is 0. The lowest BCUT2D eigenvalue weighted by atomic mass is 9.91. The molecule has 1 N–H and O–H groups in total. The fraction of sp³-hybridized carbons (Fsp3) is 0.333. The van der Waals surface area contributed by atoms with Gasteiger partial charge in [0.25, 0.3) is 5.91 Å². The van der Waals surface area contributed by atoms with Crippen LogP contribution in [0.25, 0.3) is 11.0 Å². The van der Waals surface area contributed by atoms with Crippen molar-refractivity contribution in [2.45, 2.75) is 25.3 Å². The summed E-state index contributed by atoms with van der Waals surface area (Å²) in [7, 11) is 3.52. The second kappa shape index (κ2) is 5.70. The van der Waals surface area contributed by atoms with Crippen molar-refractivity contribution in [3.8, 4) is 0 Å². The number of aromatic nitrogens is 1. The van der Waals surface area contributed by atoms with Crippen LogP contribution in [-0.2, 0) is 12.8 Å². The Labute approximate surface area is 139 Å². The molecule has 0 radical (unpaired) electrons. The Morgan fingerprint density at radius 3 is 3.00 bits per heavy atom. The lowest BCUT2D eigenvalue weighted by Crippen LogP contribution is -2.27. The molecule has 0 spiro atoms. The van der Waals surface area contributed by atoms with Crippen molar-refractivity contribution in [1.29, 1.82) is 0 Å². The SMILES string of the molecule is CN(C)C(=O)c1ccc2oc3c(c2c1)CC(Nc1cocn1)CC3. The third-order valence-electron chi connectivity index (χ3n) is 4.48. The first-order chi connectivity index (χ1) is 11.6. The maximum atomic E-state index is 12.2. The van der Waals surface area contributed by atoms with Crippen LogP contribution in [-0.4, -0.2) is 35.9 Å². The number of benzene rings is 1. The minimum absolute atomic E-state index is 0.0000634. The molecule has 0 saturated heterocycles. The smallest absolute Gasteiger partial charge is 0.253 e. The zero-order valence-corrected chi connectivity index (χ0v) is 13.7. The van der Waals surface area contributed by atoms with Gasteiger partial charge in [-0.3, -0.25) is 4.79 Å². The van der Waals surface area contributed by atoms with Gasteiger partial charge in [-0.05, 0) is 31.0 Å². The molecule has 2 aromatic heterocycles. The summed E-state index contributed by atoms with van der Waals surface area (Å²) in [5.74, 6) is 1.78. The van der Waals surface area contributed by atoms with Crippen molar-refractivity contribution in [3.05, 3.63) is 47.7 Å². The Hall–Kier alpha value is -2.76. The number of oxazole rings is 1. The van der Waals surface area contributed by atoms with E-state index in [1.807, 2.05) is 18.2 Å². The number of anilines is 1. The lowest BCUT2D eigenvalue weighted by molar-refractivity contribution is 0.0828. The summed E-state index contributed by atoms with van der Waals surface area (Å²) in [5, 5.41) is 4.42. The van der Waals surface area contributed by atoms with Gasteiger partial charge in [0.1, 0.15) is 17.6 Å². The van der Waals surface area contributed by atoms with Gasteiger partial charge in [0.05, 0.1) is 0 Å². The van der Waals surface area contributed by atoms with Crippen LogP contribution < -0.4 is 5.32 Å². The van der Waals surface area contributed by atoms with Crippen molar-refractivity contribution in [1.82, 2.24) is 9.88 Å². The minimum Gasteiger partial charge on any atom is -0.461 e. The molecule has 24 heavy (non-hydrogen) atoms. The number of rotatable bonds is 3. The fourth-order valence-corrected chi connectivity index (χ4v) is 3.29. The van der Waals surface area contributed by atoms with E-state index in [0.29, 0.717) is 5.56 Å². The number of hydrogen-bond donors (Lipinski definition) is 1. The Kier molecular flexibility index (Phi) is 3.52. The third-order valence-corrected chi connectivity index (χ3v) is 4.48. The van der Waals surface area contributed by atoms with E-state index in [9.17, 15) is 4.79 Å². The molecular weight excluding hydrogens is 306 g/mol. The molecule has 1 amide bonds. The fourth-order valence-electron chi connectivity index (χ4n) is 3.29. The molecule has 3 aromatic rings. The average molecular weight is 325 g/mol. The summed E-state index contributed by atoms with van der Waals surface area (Å²) < 4.78 is 11.0. The summed E-state index contributed by atoms with van der Waals surface area (Å²) in [6.07, 6.45) is 5.72. The van der Waals surface area contributed by atoms with Crippen LogP contribution in [0.2, 0.25) is 0 Å². The topological polar surface area (TPSA) is 71.5 Å². The first-order valence-corrected chi connectivity index (χ1v) is 8.02. The number of fused-ring (bicyclic) bond motifs is 3. The second-order valence-electron chi connectivity index (χ2n) is 6.37. The molecule has 1 aliphatic carbocycles. The van der Waals surface area contributed by atoms with Gasteiger partial charge in [-0.15, -0.1) is 0 Å². The molecule has 6 heteroatoms. The Morgan fingerprint density at radius 2 is 2.25 bits per heavy atom. The number of amides is 1. The molecule has 2 heterocycles. The zero-order chi connectivity index (χ0) is 16.7. The highest BCUT2D eigenvalue weighted by Gasteiger charge is 2.25. The van der Waals surface area contributed by atoms with Crippen LogP contribution in [0, 0.1) is 0 Å². The van der Waals surface area contributed by atoms with Gasteiger partial charge in [-0.2, -0.15) is 4.98 Å². The van der Waals surface area contributed by atoms with Gasteiger partial charge in [-0.1, -0.05) is 0 Å². The number of carbonyl (C=O) groups is 1. The van der Waals surface area contributed by atoms with Crippen molar-refractivity contribution in [2.75, 3.05) is 19.4 Å². The maximum Gasteiger partial charge on any atom is 0.253 e. The van der Waals surface area contributed by atoms with Gasteiger partial charge >= 0.3 is 0 Å². The molecule has 1 atom stereocenters. The van der Waals surface area contributed by atoms with Crippen LogP contribution in [0.3, 0.4) is 0 Å². The van der Waals surface area contributed by atoms with Crippen LogP contribution in [0.5, 0.6) is 0 Å². The summed E-state index contributed by atoms with van der Waals surface area (Å²) in [4.78, 5) is 17.9.